The predicted molar refractivity (Wildman–Crippen MR) is 71.9 cm³/mol. The third-order valence-electron chi connectivity index (χ3n) is 2.68. The molecule has 1 aromatic carbocycles. The minimum Gasteiger partial charge on any atom is -0.490 e. The zero-order chi connectivity index (χ0) is 13.4. The molecule has 0 fully saturated rings. The quantitative estimate of drug-likeness (QED) is 0.736. The van der Waals surface area contributed by atoms with E-state index in [1.54, 1.807) is 12.1 Å². The summed E-state index contributed by atoms with van der Waals surface area (Å²) in [4.78, 5) is 0. The largest absolute Gasteiger partial charge is 0.490 e. The van der Waals surface area contributed by atoms with Crippen LogP contribution in [0.2, 0.25) is 0 Å². The lowest BCUT2D eigenvalue weighted by molar-refractivity contribution is 0.234. The number of benzene rings is 1. The van der Waals surface area contributed by atoms with Gasteiger partial charge in [-0.05, 0) is 31.4 Å². The fourth-order valence-electron chi connectivity index (χ4n) is 1.77. The zero-order valence-corrected chi connectivity index (χ0v) is 11.4. The Morgan fingerprint density at radius 3 is 2.61 bits per heavy atom. The highest BCUT2D eigenvalue weighted by Crippen LogP contribution is 2.28. The van der Waals surface area contributed by atoms with E-state index < -0.39 is 0 Å². The van der Waals surface area contributed by atoms with Gasteiger partial charge in [-0.2, -0.15) is 5.26 Å². The van der Waals surface area contributed by atoms with Gasteiger partial charge in [0.1, 0.15) is 0 Å². The maximum Gasteiger partial charge on any atom is 0.162 e. The van der Waals surface area contributed by atoms with Crippen LogP contribution in [-0.2, 0) is 0 Å². The Bertz CT molecular complexity index is 409. The van der Waals surface area contributed by atoms with Crippen molar-refractivity contribution in [2.24, 2.45) is 5.92 Å². The van der Waals surface area contributed by atoms with Crippen LogP contribution >= 0.6 is 0 Å². The molecule has 0 amide bonds. The molecule has 3 nitrogen and oxygen atoms in total. The van der Waals surface area contributed by atoms with Gasteiger partial charge < -0.3 is 9.47 Å². The fraction of sp³-hybridized carbons (Fsp3) is 0.533. The molecule has 0 heterocycles. The molecule has 1 unspecified atom stereocenters. The van der Waals surface area contributed by atoms with Crippen molar-refractivity contribution >= 4 is 0 Å². The van der Waals surface area contributed by atoms with Gasteiger partial charge in [-0.3, -0.25) is 0 Å². The van der Waals surface area contributed by atoms with Crippen molar-refractivity contribution in [2.75, 3.05) is 13.2 Å². The van der Waals surface area contributed by atoms with Gasteiger partial charge in [-0.1, -0.05) is 20.3 Å². The lowest BCUT2D eigenvalue weighted by Crippen LogP contribution is -2.09. The molecule has 18 heavy (non-hydrogen) atoms. The number of ether oxygens (including phenoxy) is 2. The van der Waals surface area contributed by atoms with Crippen molar-refractivity contribution in [3.63, 3.8) is 0 Å². The van der Waals surface area contributed by atoms with E-state index in [4.69, 9.17) is 14.7 Å². The van der Waals surface area contributed by atoms with Crippen LogP contribution in [0.1, 0.15) is 39.2 Å². The lowest BCUT2D eigenvalue weighted by Gasteiger charge is -2.15. The Labute approximate surface area is 109 Å². The van der Waals surface area contributed by atoms with Crippen LogP contribution in [0.5, 0.6) is 11.5 Å². The molecule has 0 aliphatic carbocycles. The Morgan fingerprint density at radius 2 is 2.00 bits per heavy atom. The molecule has 0 aliphatic heterocycles. The second-order valence-corrected chi connectivity index (χ2v) is 4.41. The van der Waals surface area contributed by atoms with Gasteiger partial charge in [-0.15, -0.1) is 0 Å². The SMILES string of the molecule is CCCC(C)COc1ccc(C#N)cc1OCC. The first-order valence-corrected chi connectivity index (χ1v) is 6.51. The van der Waals surface area contributed by atoms with E-state index in [-0.39, 0.29) is 0 Å². The smallest absolute Gasteiger partial charge is 0.162 e. The fourth-order valence-corrected chi connectivity index (χ4v) is 1.77. The van der Waals surface area contributed by atoms with Gasteiger partial charge in [0.2, 0.25) is 0 Å². The first-order valence-electron chi connectivity index (χ1n) is 6.51. The standard InChI is InChI=1S/C15H21NO2/c1-4-6-12(3)11-18-14-8-7-13(10-16)9-15(14)17-5-2/h7-9,12H,4-6,11H2,1-3H3. The summed E-state index contributed by atoms with van der Waals surface area (Å²) in [7, 11) is 0. The van der Waals surface area contributed by atoms with Gasteiger partial charge in [-0.25, -0.2) is 0 Å². The molecular formula is C15H21NO2. The molecule has 1 rings (SSSR count). The molecule has 98 valence electrons. The third-order valence-corrected chi connectivity index (χ3v) is 2.68. The van der Waals surface area contributed by atoms with Crippen LogP contribution < -0.4 is 9.47 Å². The molecule has 0 aromatic heterocycles. The molecule has 0 spiro atoms. The van der Waals surface area contributed by atoms with Crippen LogP contribution in [0.4, 0.5) is 0 Å². The maximum atomic E-state index is 8.86. The third kappa shape index (κ3) is 4.29. The lowest BCUT2D eigenvalue weighted by atomic mass is 10.1. The van der Waals surface area contributed by atoms with Crippen molar-refractivity contribution in [2.45, 2.75) is 33.6 Å². The van der Waals surface area contributed by atoms with Crippen LogP contribution in [0.15, 0.2) is 18.2 Å². The average molecular weight is 247 g/mol. The summed E-state index contributed by atoms with van der Waals surface area (Å²) in [6.45, 7) is 7.51. The molecule has 0 bridgehead atoms. The van der Waals surface area contributed by atoms with E-state index in [9.17, 15) is 0 Å². The van der Waals surface area contributed by atoms with E-state index in [1.807, 2.05) is 13.0 Å². The molecule has 1 atom stereocenters. The Hall–Kier alpha value is -1.69. The number of nitrogens with zero attached hydrogens (tertiary/aromatic N) is 1. The molecule has 0 aliphatic rings. The second kappa shape index (κ2) is 7.60. The van der Waals surface area contributed by atoms with Crippen molar-refractivity contribution < 1.29 is 9.47 Å². The van der Waals surface area contributed by atoms with Crippen LogP contribution in [0, 0.1) is 17.2 Å². The van der Waals surface area contributed by atoms with Crippen molar-refractivity contribution in [1.29, 1.82) is 5.26 Å². The molecule has 0 saturated heterocycles. The number of hydrogen-bond acceptors (Lipinski definition) is 3. The monoisotopic (exact) mass is 247 g/mol. The summed E-state index contributed by atoms with van der Waals surface area (Å²) in [6, 6.07) is 7.39. The Kier molecular flexibility index (Phi) is 6.07. The average Bonchev–Trinajstić information content (AvgIpc) is 2.38. The van der Waals surface area contributed by atoms with Crippen LogP contribution in [0.25, 0.3) is 0 Å². The van der Waals surface area contributed by atoms with E-state index in [0.29, 0.717) is 30.4 Å². The predicted octanol–water partition coefficient (Wildman–Crippen LogP) is 3.77. The van der Waals surface area contributed by atoms with Crippen LogP contribution in [0.3, 0.4) is 0 Å². The first-order chi connectivity index (χ1) is 8.71. The molecule has 3 heteroatoms. The maximum absolute atomic E-state index is 8.86. The zero-order valence-electron chi connectivity index (χ0n) is 11.4. The van der Waals surface area contributed by atoms with Gasteiger partial charge in [0.25, 0.3) is 0 Å². The summed E-state index contributed by atoms with van der Waals surface area (Å²) in [5.74, 6) is 1.90. The number of rotatable bonds is 7. The van der Waals surface area contributed by atoms with Crippen molar-refractivity contribution in [1.82, 2.24) is 0 Å². The minimum absolute atomic E-state index is 0.528. The minimum atomic E-state index is 0.528. The number of nitriles is 1. The van der Waals surface area contributed by atoms with Gasteiger partial charge in [0, 0.05) is 6.07 Å². The normalized spacial score (nSPS) is 11.7. The van der Waals surface area contributed by atoms with E-state index in [2.05, 4.69) is 19.9 Å². The van der Waals surface area contributed by atoms with Gasteiger partial charge in [0.05, 0.1) is 24.8 Å². The topological polar surface area (TPSA) is 42.2 Å². The summed E-state index contributed by atoms with van der Waals surface area (Å²) in [5.41, 5.74) is 0.590. The van der Waals surface area contributed by atoms with Crippen LogP contribution in [-0.4, -0.2) is 13.2 Å². The summed E-state index contributed by atoms with van der Waals surface area (Å²) < 4.78 is 11.3. The van der Waals surface area contributed by atoms with Gasteiger partial charge >= 0.3 is 0 Å². The highest BCUT2D eigenvalue weighted by atomic mass is 16.5. The van der Waals surface area contributed by atoms with Crippen molar-refractivity contribution in [3.8, 4) is 17.6 Å². The molecule has 0 saturated carbocycles. The van der Waals surface area contributed by atoms with E-state index >= 15 is 0 Å². The number of hydrogen-bond donors (Lipinski definition) is 0. The highest BCUT2D eigenvalue weighted by molar-refractivity contribution is 5.46. The summed E-state index contributed by atoms with van der Waals surface area (Å²) >= 11 is 0. The Balaban J connectivity index is 2.72. The molecule has 0 N–H and O–H groups in total. The molecule has 0 radical (unpaired) electrons. The highest BCUT2D eigenvalue weighted by Gasteiger charge is 2.08. The summed E-state index contributed by atoms with van der Waals surface area (Å²) in [5, 5.41) is 8.86. The molecule has 1 aromatic rings. The summed E-state index contributed by atoms with van der Waals surface area (Å²) in [6.07, 6.45) is 2.32. The van der Waals surface area contributed by atoms with Gasteiger partial charge in [0.15, 0.2) is 11.5 Å². The second-order valence-electron chi connectivity index (χ2n) is 4.41. The Morgan fingerprint density at radius 1 is 1.22 bits per heavy atom. The van der Waals surface area contributed by atoms with E-state index in [0.717, 1.165) is 18.6 Å². The van der Waals surface area contributed by atoms with E-state index in [1.165, 1.54) is 0 Å². The molecular weight excluding hydrogens is 226 g/mol. The first kappa shape index (κ1) is 14.4. The van der Waals surface area contributed by atoms with Crippen molar-refractivity contribution in [3.05, 3.63) is 23.8 Å².